The third kappa shape index (κ3) is 2.96. The van der Waals surface area contributed by atoms with Crippen LogP contribution in [0, 0.1) is 0 Å². The standard InChI is InChI=1S/C7H10F7N/c1-2-4(15)3-5(8,9)6(10,11)7(12,13)14/h4H,2-3,15H2,1H3. The first-order chi connectivity index (χ1) is 6.45. The molecule has 0 saturated carbocycles. The maximum absolute atomic E-state index is 12.6. The van der Waals surface area contributed by atoms with Crippen LogP contribution in [0.15, 0.2) is 0 Å². The van der Waals surface area contributed by atoms with Crippen LogP contribution in [0.25, 0.3) is 0 Å². The second-order valence-electron chi connectivity index (χ2n) is 3.15. The average molecular weight is 241 g/mol. The molecule has 0 aromatic carbocycles. The normalized spacial score (nSPS) is 16.6. The molecule has 0 saturated heterocycles. The second kappa shape index (κ2) is 4.15. The van der Waals surface area contributed by atoms with E-state index in [4.69, 9.17) is 5.73 Å². The second-order valence-corrected chi connectivity index (χ2v) is 3.15. The molecule has 0 aliphatic carbocycles. The Morgan fingerprint density at radius 1 is 1.00 bits per heavy atom. The van der Waals surface area contributed by atoms with Gasteiger partial charge in [-0.3, -0.25) is 0 Å². The first kappa shape index (κ1) is 14.5. The molecular formula is C7H10F7N. The van der Waals surface area contributed by atoms with Gasteiger partial charge in [0.15, 0.2) is 0 Å². The summed E-state index contributed by atoms with van der Waals surface area (Å²) in [5.74, 6) is -11.2. The lowest BCUT2D eigenvalue weighted by Gasteiger charge is -2.29. The van der Waals surface area contributed by atoms with Crippen LogP contribution in [0.1, 0.15) is 19.8 Å². The molecule has 0 aliphatic heterocycles. The highest BCUT2D eigenvalue weighted by atomic mass is 19.4. The van der Waals surface area contributed by atoms with Gasteiger partial charge in [0.2, 0.25) is 0 Å². The summed E-state index contributed by atoms with van der Waals surface area (Å²) in [6.07, 6.45) is -8.08. The van der Waals surface area contributed by atoms with Gasteiger partial charge in [-0.2, -0.15) is 30.7 Å². The van der Waals surface area contributed by atoms with Crippen LogP contribution in [0.3, 0.4) is 0 Å². The topological polar surface area (TPSA) is 26.0 Å². The van der Waals surface area contributed by atoms with E-state index in [1.165, 1.54) is 6.92 Å². The Balaban J connectivity index is 4.85. The highest BCUT2D eigenvalue weighted by molar-refractivity contribution is 4.92. The van der Waals surface area contributed by atoms with Crippen molar-refractivity contribution in [2.45, 2.75) is 43.8 Å². The Hall–Kier alpha value is -0.530. The lowest BCUT2D eigenvalue weighted by Crippen LogP contribution is -2.53. The van der Waals surface area contributed by atoms with E-state index in [1.807, 2.05) is 0 Å². The Kier molecular flexibility index (Phi) is 4.00. The minimum absolute atomic E-state index is 0.108. The van der Waals surface area contributed by atoms with Crippen molar-refractivity contribution >= 4 is 0 Å². The molecule has 0 fully saturated rings. The molecular weight excluding hydrogens is 231 g/mol. The van der Waals surface area contributed by atoms with Crippen LogP contribution >= 0.6 is 0 Å². The maximum atomic E-state index is 12.6. The van der Waals surface area contributed by atoms with E-state index >= 15 is 0 Å². The molecule has 0 radical (unpaired) electrons. The number of hydrogen-bond donors (Lipinski definition) is 1. The van der Waals surface area contributed by atoms with Crippen molar-refractivity contribution in [1.82, 2.24) is 0 Å². The smallest absolute Gasteiger partial charge is 0.327 e. The van der Waals surface area contributed by atoms with Crippen LogP contribution in [-0.4, -0.2) is 24.1 Å². The van der Waals surface area contributed by atoms with Crippen molar-refractivity contribution < 1.29 is 30.7 Å². The van der Waals surface area contributed by atoms with Gasteiger partial charge in [0.1, 0.15) is 0 Å². The lowest BCUT2D eigenvalue weighted by atomic mass is 10.0. The van der Waals surface area contributed by atoms with E-state index < -0.39 is 30.5 Å². The minimum atomic E-state index is -6.27. The zero-order valence-electron chi connectivity index (χ0n) is 7.71. The summed E-state index contributed by atoms with van der Waals surface area (Å²) >= 11 is 0. The molecule has 0 heterocycles. The predicted octanol–water partition coefficient (Wildman–Crippen LogP) is 2.95. The third-order valence-electron chi connectivity index (χ3n) is 1.86. The quantitative estimate of drug-likeness (QED) is 0.752. The lowest BCUT2D eigenvalue weighted by molar-refractivity contribution is -0.356. The number of nitrogens with two attached hydrogens (primary N) is 1. The molecule has 1 unspecified atom stereocenters. The Morgan fingerprint density at radius 2 is 1.40 bits per heavy atom. The molecule has 1 atom stereocenters. The molecule has 0 aliphatic rings. The molecule has 15 heavy (non-hydrogen) atoms. The summed E-state index contributed by atoms with van der Waals surface area (Å²) in [5.41, 5.74) is 4.92. The molecule has 2 N–H and O–H groups in total. The zero-order valence-corrected chi connectivity index (χ0v) is 7.71. The molecule has 0 rings (SSSR count). The van der Waals surface area contributed by atoms with Crippen molar-refractivity contribution in [3.05, 3.63) is 0 Å². The molecule has 0 aromatic rings. The fourth-order valence-corrected chi connectivity index (χ4v) is 0.809. The van der Waals surface area contributed by atoms with Gasteiger partial charge in [-0.15, -0.1) is 0 Å². The van der Waals surface area contributed by atoms with Crippen LogP contribution in [0.4, 0.5) is 30.7 Å². The number of hydrogen-bond acceptors (Lipinski definition) is 1. The number of alkyl halides is 7. The molecule has 1 nitrogen and oxygen atoms in total. The van der Waals surface area contributed by atoms with Crippen molar-refractivity contribution in [2.75, 3.05) is 0 Å². The molecule has 8 heteroatoms. The predicted molar refractivity (Wildman–Crippen MR) is 38.8 cm³/mol. The van der Waals surface area contributed by atoms with Crippen molar-refractivity contribution in [3.8, 4) is 0 Å². The van der Waals surface area contributed by atoms with E-state index in [0.29, 0.717) is 0 Å². The van der Waals surface area contributed by atoms with Crippen LogP contribution < -0.4 is 5.73 Å². The summed E-state index contributed by atoms with van der Waals surface area (Å²) in [6.45, 7) is 1.31. The van der Waals surface area contributed by atoms with Gasteiger partial charge < -0.3 is 5.73 Å². The minimum Gasteiger partial charge on any atom is -0.327 e. The van der Waals surface area contributed by atoms with E-state index in [-0.39, 0.29) is 6.42 Å². The fourth-order valence-electron chi connectivity index (χ4n) is 0.809. The SMILES string of the molecule is CCC(N)CC(F)(F)C(F)(F)C(F)(F)F. The van der Waals surface area contributed by atoms with Crippen LogP contribution in [-0.2, 0) is 0 Å². The maximum Gasteiger partial charge on any atom is 0.459 e. The monoisotopic (exact) mass is 241 g/mol. The molecule has 0 bridgehead atoms. The van der Waals surface area contributed by atoms with Crippen LogP contribution in [0.5, 0.6) is 0 Å². The highest BCUT2D eigenvalue weighted by Crippen LogP contribution is 2.48. The first-order valence-electron chi connectivity index (χ1n) is 4.03. The number of halogens is 7. The van der Waals surface area contributed by atoms with Crippen LogP contribution in [0.2, 0.25) is 0 Å². The highest BCUT2D eigenvalue weighted by Gasteiger charge is 2.72. The van der Waals surface area contributed by atoms with Gasteiger partial charge in [-0.25, -0.2) is 0 Å². The van der Waals surface area contributed by atoms with Gasteiger partial charge in [0, 0.05) is 12.5 Å². The number of rotatable bonds is 4. The van der Waals surface area contributed by atoms with E-state index in [1.54, 1.807) is 0 Å². The first-order valence-corrected chi connectivity index (χ1v) is 4.03. The zero-order chi connectivity index (χ0) is 12.5. The summed E-state index contributed by atoms with van der Waals surface area (Å²) in [5, 5.41) is 0. The van der Waals surface area contributed by atoms with Crippen molar-refractivity contribution in [2.24, 2.45) is 5.73 Å². The van der Waals surface area contributed by atoms with Gasteiger partial charge in [0.05, 0.1) is 0 Å². The Morgan fingerprint density at radius 3 is 1.67 bits per heavy atom. The third-order valence-corrected chi connectivity index (χ3v) is 1.86. The van der Waals surface area contributed by atoms with Gasteiger partial charge in [0.25, 0.3) is 0 Å². The Labute approximate surface area is 81.4 Å². The fraction of sp³-hybridized carbons (Fsp3) is 1.00. The van der Waals surface area contributed by atoms with E-state index in [2.05, 4.69) is 0 Å². The largest absolute Gasteiger partial charge is 0.459 e. The summed E-state index contributed by atoms with van der Waals surface area (Å²) in [4.78, 5) is 0. The summed E-state index contributed by atoms with van der Waals surface area (Å²) in [6, 6.07) is -1.40. The van der Waals surface area contributed by atoms with Crippen molar-refractivity contribution in [3.63, 3.8) is 0 Å². The van der Waals surface area contributed by atoms with Gasteiger partial charge >= 0.3 is 18.0 Å². The summed E-state index contributed by atoms with van der Waals surface area (Å²) < 4.78 is 84.6. The van der Waals surface area contributed by atoms with Gasteiger partial charge in [-0.1, -0.05) is 6.92 Å². The molecule has 92 valence electrons. The average Bonchev–Trinajstić information content (AvgIpc) is 2.00. The Bertz CT molecular complexity index is 210. The molecule has 0 amide bonds. The van der Waals surface area contributed by atoms with E-state index in [0.717, 1.165) is 0 Å². The van der Waals surface area contributed by atoms with E-state index in [9.17, 15) is 30.7 Å². The van der Waals surface area contributed by atoms with Gasteiger partial charge in [-0.05, 0) is 6.42 Å². The molecule has 0 spiro atoms. The molecule has 0 aromatic heterocycles. The van der Waals surface area contributed by atoms with Crippen molar-refractivity contribution in [1.29, 1.82) is 0 Å². The summed E-state index contributed by atoms with van der Waals surface area (Å²) in [7, 11) is 0.